The molecule has 1 aromatic carbocycles. The van der Waals surface area contributed by atoms with Crippen LogP contribution in [-0.4, -0.2) is 99.1 Å². The third kappa shape index (κ3) is 6.35. The van der Waals surface area contributed by atoms with Crippen molar-refractivity contribution >= 4 is 17.6 Å². The van der Waals surface area contributed by atoms with E-state index in [9.17, 15) is 4.79 Å². The lowest BCUT2D eigenvalue weighted by atomic mass is 10.1. The summed E-state index contributed by atoms with van der Waals surface area (Å²) in [5.74, 6) is 1.29. The van der Waals surface area contributed by atoms with Crippen molar-refractivity contribution in [1.82, 2.24) is 20.0 Å². The fourth-order valence-corrected chi connectivity index (χ4v) is 4.36. The normalized spacial score (nSPS) is 18.9. The number of carbonyl (C=O) groups excluding carboxylic acids is 1. The van der Waals surface area contributed by atoms with E-state index in [1.165, 1.54) is 11.3 Å². The van der Waals surface area contributed by atoms with Gasteiger partial charge in [0.1, 0.15) is 0 Å². The van der Waals surface area contributed by atoms with Crippen LogP contribution in [0.5, 0.6) is 0 Å². The number of hydrogen-bond donors (Lipinski definition) is 1. The van der Waals surface area contributed by atoms with E-state index in [0.29, 0.717) is 5.91 Å². The molecule has 7 heteroatoms. The summed E-state index contributed by atoms with van der Waals surface area (Å²) in [5.41, 5.74) is 2.53. The number of guanidine groups is 1. The van der Waals surface area contributed by atoms with Gasteiger partial charge in [-0.15, -0.1) is 0 Å². The lowest BCUT2D eigenvalue weighted by Crippen LogP contribution is -2.57. The van der Waals surface area contributed by atoms with Gasteiger partial charge in [0.25, 0.3) is 0 Å². The lowest BCUT2D eigenvalue weighted by Gasteiger charge is -2.39. The van der Waals surface area contributed by atoms with Crippen LogP contribution in [0.4, 0.5) is 5.69 Å². The van der Waals surface area contributed by atoms with Gasteiger partial charge in [0.05, 0.1) is 6.04 Å². The largest absolute Gasteiger partial charge is 0.378 e. The molecule has 0 aliphatic carbocycles. The van der Waals surface area contributed by atoms with E-state index in [0.717, 1.165) is 77.6 Å². The van der Waals surface area contributed by atoms with Crippen molar-refractivity contribution in [3.8, 4) is 0 Å². The Labute approximate surface area is 188 Å². The molecule has 7 nitrogen and oxygen atoms in total. The van der Waals surface area contributed by atoms with Gasteiger partial charge in [0.2, 0.25) is 5.91 Å². The second kappa shape index (κ2) is 11.4. The maximum Gasteiger partial charge on any atom is 0.239 e. The van der Waals surface area contributed by atoms with Crippen LogP contribution in [0.3, 0.4) is 0 Å². The number of likely N-dealkylation sites (tertiary alicyclic amines) is 1. The van der Waals surface area contributed by atoms with E-state index < -0.39 is 0 Å². The van der Waals surface area contributed by atoms with E-state index in [1.807, 2.05) is 4.90 Å². The molecule has 2 aliphatic heterocycles. The number of aliphatic imine (C=N–C) groups is 1. The number of carbonyl (C=O) groups is 1. The Bertz CT molecular complexity index is 718. The molecule has 1 amide bonds. The van der Waals surface area contributed by atoms with Crippen LogP contribution in [0.1, 0.15) is 32.3 Å². The molecule has 1 unspecified atom stereocenters. The number of piperazine rings is 1. The van der Waals surface area contributed by atoms with Gasteiger partial charge in [-0.25, -0.2) is 0 Å². The summed E-state index contributed by atoms with van der Waals surface area (Å²) in [7, 11) is 4.12. The van der Waals surface area contributed by atoms with Crippen molar-refractivity contribution in [2.45, 2.75) is 39.2 Å². The minimum absolute atomic E-state index is 0.0232. The minimum atomic E-state index is -0.0232. The molecule has 1 aromatic rings. The average Bonchev–Trinajstić information content (AvgIpc) is 3.33. The van der Waals surface area contributed by atoms with Crippen molar-refractivity contribution in [2.75, 3.05) is 71.4 Å². The zero-order valence-electron chi connectivity index (χ0n) is 19.8. The standard InChI is InChI=1S/C24H40N6O/c1-5-25-24(26-13-12-21-8-10-22(11-9-21)27(3)4)30-18-16-28(17-19-30)20(2)23(31)29-14-6-7-15-29/h8-11,20H,5-7,12-19H2,1-4H3,(H,25,26). The van der Waals surface area contributed by atoms with E-state index in [-0.39, 0.29) is 6.04 Å². The summed E-state index contributed by atoms with van der Waals surface area (Å²) in [6, 6.07) is 8.68. The van der Waals surface area contributed by atoms with Crippen LogP contribution in [0.25, 0.3) is 0 Å². The van der Waals surface area contributed by atoms with Gasteiger partial charge in [0.15, 0.2) is 5.96 Å². The number of anilines is 1. The second-order valence-corrected chi connectivity index (χ2v) is 8.78. The minimum Gasteiger partial charge on any atom is -0.378 e. The molecule has 0 spiro atoms. The highest BCUT2D eigenvalue weighted by atomic mass is 16.2. The summed E-state index contributed by atoms with van der Waals surface area (Å²) in [5, 5.41) is 3.45. The van der Waals surface area contributed by atoms with Crippen molar-refractivity contribution < 1.29 is 4.79 Å². The number of nitrogens with one attached hydrogen (secondary N) is 1. The number of rotatable bonds is 7. The predicted molar refractivity (Wildman–Crippen MR) is 129 cm³/mol. The number of benzene rings is 1. The monoisotopic (exact) mass is 428 g/mol. The molecule has 2 saturated heterocycles. The van der Waals surface area contributed by atoms with Crippen molar-refractivity contribution in [3.05, 3.63) is 29.8 Å². The molecule has 2 fully saturated rings. The third-order valence-corrected chi connectivity index (χ3v) is 6.39. The van der Waals surface area contributed by atoms with Gasteiger partial charge < -0.3 is 20.0 Å². The highest BCUT2D eigenvalue weighted by Gasteiger charge is 2.30. The van der Waals surface area contributed by atoms with Crippen LogP contribution in [-0.2, 0) is 11.2 Å². The van der Waals surface area contributed by atoms with Crippen LogP contribution in [0, 0.1) is 0 Å². The predicted octanol–water partition coefficient (Wildman–Crippen LogP) is 1.89. The van der Waals surface area contributed by atoms with Crippen LogP contribution >= 0.6 is 0 Å². The highest BCUT2D eigenvalue weighted by molar-refractivity contribution is 5.82. The maximum absolute atomic E-state index is 12.7. The molecule has 3 rings (SSSR count). The molecule has 0 aromatic heterocycles. The average molecular weight is 429 g/mol. The lowest BCUT2D eigenvalue weighted by molar-refractivity contribution is -0.135. The summed E-state index contributed by atoms with van der Waals surface area (Å²) in [4.78, 5) is 26.4. The summed E-state index contributed by atoms with van der Waals surface area (Å²) >= 11 is 0. The molecule has 172 valence electrons. The van der Waals surface area contributed by atoms with Crippen molar-refractivity contribution in [2.24, 2.45) is 4.99 Å². The van der Waals surface area contributed by atoms with Crippen LogP contribution in [0.15, 0.2) is 29.3 Å². The van der Waals surface area contributed by atoms with Crippen LogP contribution in [0.2, 0.25) is 0 Å². The Hall–Kier alpha value is -2.28. The fraction of sp³-hybridized carbons (Fsp3) is 0.667. The van der Waals surface area contributed by atoms with Crippen LogP contribution < -0.4 is 10.2 Å². The fourth-order valence-electron chi connectivity index (χ4n) is 4.36. The number of hydrogen-bond acceptors (Lipinski definition) is 4. The highest BCUT2D eigenvalue weighted by Crippen LogP contribution is 2.15. The van der Waals surface area contributed by atoms with E-state index in [2.05, 4.69) is 72.2 Å². The van der Waals surface area contributed by atoms with Gasteiger partial charge in [-0.05, 0) is 50.8 Å². The first-order valence-corrected chi connectivity index (χ1v) is 11.8. The Morgan fingerprint density at radius 3 is 2.26 bits per heavy atom. The third-order valence-electron chi connectivity index (χ3n) is 6.39. The quantitative estimate of drug-likeness (QED) is 0.531. The molecular weight excluding hydrogens is 388 g/mol. The van der Waals surface area contributed by atoms with E-state index in [1.54, 1.807) is 0 Å². The Balaban J connectivity index is 1.50. The molecule has 31 heavy (non-hydrogen) atoms. The molecule has 0 bridgehead atoms. The first-order valence-electron chi connectivity index (χ1n) is 11.8. The zero-order chi connectivity index (χ0) is 22.2. The van der Waals surface area contributed by atoms with Gasteiger partial charge in [-0.2, -0.15) is 0 Å². The molecule has 0 radical (unpaired) electrons. The first kappa shape index (κ1) is 23.4. The topological polar surface area (TPSA) is 54.4 Å². The number of nitrogens with zero attached hydrogens (tertiary/aromatic N) is 5. The Kier molecular flexibility index (Phi) is 8.58. The van der Waals surface area contributed by atoms with Gasteiger partial charge in [-0.1, -0.05) is 12.1 Å². The van der Waals surface area contributed by atoms with E-state index in [4.69, 9.17) is 4.99 Å². The molecule has 2 heterocycles. The first-order chi connectivity index (χ1) is 15.0. The summed E-state index contributed by atoms with van der Waals surface area (Å²) < 4.78 is 0. The van der Waals surface area contributed by atoms with Crippen molar-refractivity contribution in [1.29, 1.82) is 0 Å². The van der Waals surface area contributed by atoms with Gasteiger partial charge in [0, 0.05) is 72.1 Å². The molecule has 1 atom stereocenters. The molecule has 0 saturated carbocycles. The molecular formula is C24H40N6O. The van der Waals surface area contributed by atoms with E-state index >= 15 is 0 Å². The summed E-state index contributed by atoms with van der Waals surface area (Å²) in [6.07, 6.45) is 3.23. The van der Waals surface area contributed by atoms with Gasteiger partial charge in [-0.3, -0.25) is 14.7 Å². The smallest absolute Gasteiger partial charge is 0.239 e. The number of amides is 1. The van der Waals surface area contributed by atoms with Crippen molar-refractivity contribution in [3.63, 3.8) is 0 Å². The maximum atomic E-state index is 12.7. The Morgan fingerprint density at radius 2 is 1.68 bits per heavy atom. The second-order valence-electron chi connectivity index (χ2n) is 8.78. The molecule has 1 N–H and O–H groups in total. The summed E-state index contributed by atoms with van der Waals surface area (Å²) in [6.45, 7) is 11.3. The van der Waals surface area contributed by atoms with Gasteiger partial charge >= 0.3 is 0 Å². The molecule has 2 aliphatic rings. The Morgan fingerprint density at radius 1 is 1.03 bits per heavy atom. The SMILES string of the molecule is CCNC(=NCCc1ccc(N(C)C)cc1)N1CCN(C(C)C(=O)N2CCCC2)CC1. The zero-order valence-corrected chi connectivity index (χ0v) is 19.8.